The lowest BCUT2D eigenvalue weighted by Crippen LogP contribution is -2.38. The van der Waals surface area contributed by atoms with Gasteiger partial charge in [-0.15, -0.1) is 11.3 Å². The SMILES string of the molecule is CCNC(=NCCCCOC1CCCCCC1)NCCc1nc(C(F)(F)F)cs1. The normalized spacial score (nSPS) is 16.6. The first-order chi connectivity index (χ1) is 14.0. The van der Waals surface area contributed by atoms with Crippen molar-refractivity contribution >= 4 is 17.3 Å². The van der Waals surface area contributed by atoms with Gasteiger partial charge in [-0.25, -0.2) is 4.98 Å². The Balaban J connectivity index is 1.62. The van der Waals surface area contributed by atoms with Gasteiger partial charge in [-0.05, 0) is 32.6 Å². The van der Waals surface area contributed by atoms with Gasteiger partial charge in [0.2, 0.25) is 0 Å². The summed E-state index contributed by atoms with van der Waals surface area (Å²) in [6.45, 7) is 4.68. The molecule has 0 radical (unpaired) electrons. The molecule has 2 N–H and O–H groups in total. The molecule has 9 heteroatoms. The third-order valence-corrected chi connectivity index (χ3v) is 5.70. The number of hydrogen-bond acceptors (Lipinski definition) is 4. The van der Waals surface area contributed by atoms with Crippen LogP contribution in [0.1, 0.15) is 69.0 Å². The fourth-order valence-electron chi connectivity index (χ4n) is 3.25. The van der Waals surface area contributed by atoms with Gasteiger partial charge in [-0.2, -0.15) is 13.2 Å². The van der Waals surface area contributed by atoms with Crippen LogP contribution in [0, 0.1) is 0 Å². The third kappa shape index (κ3) is 9.80. The summed E-state index contributed by atoms with van der Waals surface area (Å²) in [5.41, 5.74) is -0.816. The molecule has 0 aromatic carbocycles. The van der Waals surface area contributed by atoms with Gasteiger partial charge >= 0.3 is 6.18 Å². The predicted octanol–water partition coefficient (Wildman–Crippen LogP) is 4.78. The van der Waals surface area contributed by atoms with E-state index in [1.54, 1.807) is 0 Å². The summed E-state index contributed by atoms with van der Waals surface area (Å²) in [6, 6.07) is 0. The highest BCUT2D eigenvalue weighted by Gasteiger charge is 2.33. The van der Waals surface area contributed by atoms with Gasteiger partial charge in [0.15, 0.2) is 11.7 Å². The highest BCUT2D eigenvalue weighted by molar-refractivity contribution is 7.09. The van der Waals surface area contributed by atoms with Crippen molar-refractivity contribution in [3.8, 4) is 0 Å². The Morgan fingerprint density at radius 2 is 1.97 bits per heavy atom. The number of thiazole rings is 1. The number of halogens is 3. The predicted molar refractivity (Wildman–Crippen MR) is 111 cm³/mol. The number of ether oxygens (including phenoxy) is 1. The number of alkyl halides is 3. The van der Waals surface area contributed by atoms with Crippen molar-refractivity contribution in [2.75, 3.05) is 26.2 Å². The Bertz CT molecular complexity index is 599. The highest BCUT2D eigenvalue weighted by Crippen LogP contribution is 2.30. The molecule has 166 valence electrons. The average Bonchev–Trinajstić information content (AvgIpc) is 3.01. The fourth-order valence-corrected chi connectivity index (χ4v) is 4.05. The van der Waals surface area contributed by atoms with Crippen LogP contribution >= 0.6 is 11.3 Å². The summed E-state index contributed by atoms with van der Waals surface area (Å²) in [6.07, 6.45) is 6.04. The average molecular weight is 435 g/mol. The molecule has 1 aliphatic carbocycles. The summed E-state index contributed by atoms with van der Waals surface area (Å²) in [4.78, 5) is 8.17. The van der Waals surface area contributed by atoms with Gasteiger partial charge in [0.05, 0.1) is 11.1 Å². The van der Waals surface area contributed by atoms with Crippen molar-refractivity contribution < 1.29 is 17.9 Å². The molecule has 1 fully saturated rings. The lowest BCUT2D eigenvalue weighted by atomic mass is 10.1. The van der Waals surface area contributed by atoms with Crippen LogP contribution in [0.4, 0.5) is 13.2 Å². The first-order valence-electron chi connectivity index (χ1n) is 10.6. The molecular formula is C20H33F3N4OS. The fraction of sp³-hybridized carbons (Fsp3) is 0.800. The van der Waals surface area contributed by atoms with Crippen molar-refractivity contribution in [1.29, 1.82) is 0 Å². The van der Waals surface area contributed by atoms with Crippen LogP contribution in [0.5, 0.6) is 0 Å². The second-order valence-electron chi connectivity index (χ2n) is 7.25. The number of aromatic nitrogens is 1. The van der Waals surface area contributed by atoms with Gasteiger partial charge in [0, 0.05) is 38.0 Å². The molecule has 0 spiro atoms. The van der Waals surface area contributed by atoms with E-state index in [0.717, 1.165) is 42.7 Å². The quantitative estimate of drug-likeness (QED) is 0.241. The second-order valence-corrected chi connectivity index (χ2v) is 8.20. The molecule has 0 saturated heterocycles. The molecular weight excluding hydrogens is 401 g/mol. The summed E-state index contributed by atoms with van der Waals surface area (Å²) in [5, 5.41) is 7.85. The topological polar surface area (TPSA) is 58.5 Å². The Hall–Kier alpha value is -1.35. The number of rotatable bonds is 10. The van der Waals surface area contributed by atoms with Crippen molar-refractivity contribution in [3.63, 3.8) is 0 Å². The first kappa shape index (κ1) is 23.9. The molecule has 0 aliphatic heterocycles. The molecule has 0 bridgehead atoms. The third-order valence-electron chi connectivity index (χ3n) is 4.80. The van der Waals surface area contributed by atoms with Crippen LogP contribution in [0.25, 0.3) is 0 Å². The Morgan fingerprint density at radius 1 is 1.21 bits per heavy atom. The van der Waals surface area contributed by atoms with Gasteiger partial charge in [-0.3, -0.25) is 4.99 Å². The van der Waals surface area contributed by atoms with Gasteiger partial charge in [-0.1, -0.05) is 25.7 Å². The van der Waals surface area contributed by atoms with E-state index in [0.29, 0.717) is 36.6 Å². The van der Waals surface area contributed by atoms with E-state index in [1.807, 2.05) is 6.92 Å². The van der Waals surface area contributed by atoms with Crippen molar-refractivity contribution in [2.24, 2.45) is 4.99 Å². The summed E-state index contributed by atoms with van der Waals surface area (Å²) in [7, 11) is 0. The van der Waals surface area contributed by atoms with Crippen molar-refractivity contribution in [2.45, 2.75) is 77.0 Å². The van der Waals surface area contributed by atoms with Crippen LogP contribution in [-0.2, 0) is 17.3 Å². The van der Waals surface area contributed by atoms with E-state index in [9.17, 15) is 13.2 Å². The first-order valence-corrected chi connectivity index (χ1v) is 11.5. The molecule has 2 rings (SSSR count). The van der Waals surface area contributed by atoms with Crippen LogP contribution in [0.3, 0.4) is 0 Å². The van der Waals surface area contributed by atoms with Crippen LogP contribution < -0.4 is 10.6 Å². The lowest BCUT2D eigenvalue weighted by Gasteiger charge is -2.15. The maximum absolute atomic E-state index is 12.6. The molecule has 0 unspecified atom stereocenters. The lowest BCUT2D eigenvalue weighted by molar-refractivity contribution is -0.140. The van der Waals surface area contributed by atoms with Gasteiger partial charge < -0.3 is 15.4 Å². The number of unbranched alkanes of at least 4 members (excludes halogenated alkanes) is 1. The van der Waals surface area contributed by atoms with Crippen LogP contribution in [0.2, 0.25) is 0 Å². The molecule has 1 aromatic heterocycles. The minimum Gasteiger partial charge on any atom is -0.378 e. The highest BCUT2D eigenvalue weighted by atomic mass is 32.1. The smallest absolute Gasteiger partial charge is 0.378 e. The molecule has 1 aliphatic rings. The summed E-state index contributed by atoms with van der Waals surface area (Å²) < 4.78 is 43.8. The van der Waals surface area contributed by atoms with E-state index in [2.05, 4.69) is 20.6 Å². The molecule has 5 nitrogen and oxygen atoms in total. The monoisotopic (exact) mass is 434 g/mol. The number of nitrogens with one attached hydrogen (secondary N) is 2. The maximum Gasteiger partial charge on any atom is 0.434 e. The molecule has 1 saturated carbocycles. The van der Waals surface area contributed by atoms with Gasteiger partial charge in [0.1, 0.15) is 0 Å². The minimum atomic E-state index is -4.38. The van der Waals surface area contributed by atoms with Gasteiger partial charge in [0.25, 0.3) is 0 Å². The van der Waals surface area contributed by atoms with Crippen molar-refractivity contribution in [1.82, 2.24) is 15.6 Å². The molecule has 0 amide bonds. The standard InChI is InChI=1S/C20H33F3N4OS/c1-2-24-19(26-13-11-18-27-17(15-29-18)20(21,22)23)25-12-7-8-14-28-16-9-5-3-4-6-10-16/h15-16H,2-14H2,1H3,(H2,24,25,26). The zero-order valence-corrected chi connectivity index (χ0v) is 18.0. The van der Waals surface area contributed by atoms with Crippen LogP contribution in [0.15, 0.2) is 10.4 Å². The number of nitrogens with zero attached hydrogens (tertiary/aromatic N) is 2. The maximum atomic E-state index is 12.6. The zero-order chi connectivity index (χ0) is 21.0. The number of aliphatic imine (C=N–C) groups is 1. The van der Waals surface area contributed by atoms with E-state index < -0.39 is 11.9 Å². The Labute approximate surface area is 175 Å². The molecule has 1 aromatic rings. The summed E-state index contributed by atoms with van der Waals surface area (Å²) >= 11 is 1.04. The van der Waals surface area contributed by atoms with E-state index in [1.165, 1.54) is 38.5 Å². The molecule has 29 heavy (non-hydrogen) atoms. The number of hydrogen-bond donors (Lipinski definition) is 2. The van der Waals surface area contributed by atoms with Crippen LogP contribution in [-0.4, -0.2) is 43.3 Å². The largest absolute Gasteiger partial charge is 0.434 e. The zero-order valence-electron chi connectivity index (χ0n) is 17.2. The van der Waals surface area contributed by atoms with E-state index >= 15 is 0 Å². The Kier molecular flexibility index (Phi) is 10.8. The van der Waals surface area contributed by atoms with E-state index in [4.69, 9.17) is 4.74 Å². The molecule has 0 atom stereocenters. The second kappa shape index (κ2) is 13.1. The molecule has 1 heterocycles. The van der Waals surface area contributed by atoms with Crippen molar-refractivity contribution in [3.05, 3.63) is 16.1 Å². The Morgan fingerprint density at radius 3 is 2.62 bits per heavy atom. The van der Waals surface area contributed by atoms with E-state index in [-0.39, 0.29) is 0 Å². The number of guanidine groups is 1. The summed E-state index contributed by atoms with van der Waals surface area (Å²) in [5.74, 6) is 0.685. The minimum absolute atomic E-state index is 0.431.